The number of benzene rings is 1. The van der Waals surface area contributed by atoms with Crippen LogP contribution in [0.5, 0.6) is 0 Å². The molecule has 4 heteroatoms. The van der Waals surface area contributed by atoms with Gasteiger partial charge in [0.15, 0.2) is 0 Å². The van der Waals surface area contributed by atoms with Gasteiger partial charge >= 0.3 is 0 Å². The van der Waals surface area contributed by atoms with E-state index in [0.29, 0.717) is 17.9 Å². The minimum atomic E-state index is -0.00449. The van der Waals surface area contributed by atoms with Crippen molar-refractivity contribution >= 4 is 16.8 Å². The van der Waals surface area contributed by atoms with E-state index >= 15 is 0 Å². The molecule has 4 atom stereocenters. The number of hydrogen-bond donors (Lipinski definition) is 2. The zero-order valence-electron chi connectivity index (χ0n) is 18.6. The highest BCUT2D eigenvalue weighted by Gasteiger charge is 2.58. The first-order valence-corrected chi connectivity index (χ1v) is 12.6. The lowest BCUT2D eigenvalue weighted by atomic mass is 9.44. The molecule has 2 heterocycles. The lowest BCUT2D eigenvalue weighted by Gasteiger charge is -2.61. The Hall–Kier alpha value is -1.81. The van der Waals surface area contributed by atoms with Gasteiger partial charge in [0.05, 0.1) is 0 Å². The smallest absolute Gasteiger partial charge is 0.221 e. The molecule has 1 amide bonds. The molecule has 8 rings (SSSR count). The van der Waals surface area contributed by atoms with E-state index in [1.165, 1.54) is 60.6 Å². The van der Waals surface area contributed by atoms with Gasteiger partial charge in [0.25, 0.3) is 0 Å². The van der Waals surface area contributed by atoms with Crippen molar-refractivity contribution in [3.8, 4) is 0 Å². The van der Waals surface area contributed by atoms with Crippen LogP contribution in [-0.4, -0.2) is 35.4 Å². The van der Waals surface area contributed by atoms with E-state index in [4.69, 9.17) is 5.73 Å². The monoisotopic (exact) mass is 417 g/mol. The molecule has 5 aliphatic carbocycles. The first-order valence-electron chi connectivity index (χ1n) is 12.6. The van der Waals surface area contributed by atoms with E-state index in [-0.39, 0.29) is 17.2 Å². The molecular weight excluding hydrogens is 382 g/mol. The van der Waals surface area contributed by atoms with Gasteiger partial charge in [-0.25, -0.2) is 0 Å². The largest absolute Gasteiger partial charge is 0.369 e. The standard InChI is InChI=1S/C27H35N3O/c1-30-14-19(8-21-20-3-2-4-22-24(20)18(13-29-22)9-23(21)30)25(26(28)31)27-10-15-5-16(11-27)7-17(6-15)12-27/h2-4,13,15-17,19,21,23,25,29H,5-12,14H2,1H3,(H2,28,31)/t15?,16?,17?,19-,21-,23-,25?,27?/m1/s1. The van der Waals surface area contributed by atoms with Crippen molar-refractivity contribution in [2.75, 3.05) is 13.6 Å². The number of carbonyl (C=O) groups excluding carboxylic acids is 1. The van der Waals surface area contributed by atoms with Crippen molar-refractivity contribution in [2.45, 2.75) is 63.3 Å². The average Bonchev–Trinajstić information content (AvgIpc) is 3.12. The van der Waals surface area contributed by atoms with Crippen LogP contribution in [0.3, 0.4) is 0 Å². The molecule has 0 spiro atoms. The van der Waals surface area contributed by atoms with Gasteiger partial charge in [0, 0.05) is 41.5 Å². The SMILES string of the molecule is CN1C[C@H](C(C(N)=O)C23CC4CC(CC(C4)C2)C3)C[C@@H]2c3cccc4[nH]cc(c34)C[C@H]21. The van der Waals surface area contributed by atoms with E-state index in [9.17, 15) is 4.79 Å². The maximum atomic E-state index is 13.1. The molecule has 1 saturated heterocycles. The van der Waals surface area contributed by atoms with E-state index in [1.807, 2.05) is 0 Å². The maximum Gasteiger partial charge on any atom is 0.221 e. The number of carbonyl (C=O) groups is 1. The van der Waals surface area contributed by atoms with Crippen LogP contribution in [0.4, 0.5) is 0 Å². The van der Waals surface area contributed by atoms with Gasteiger partial charge in [-0.2, -0.15) is 0 Å². The number of nitrogens with one attached hydrogen (secondary N) is 1. The third-order valence-corrected chi connectivity index (χ3v) is 10.3. The molecule has 6 aliphatic rings. The van der Waals surface area contributed by atoms with Crippen LogP contribution >= 0.6 is 0 Å². The van der Waals surface area contributed by atoms with Crippen LogP contribution in [0.2, 0.25) is 0 Å². The molecule has 3 N–H and O–H groups in total. The molecule has 1 aliphatic heterocycles. The van der Waals surface area contributed by atoms with E-state index in [2.05, 4.69) is 41.3 Å². The van der Waals surface area contributed by atoms with Crippen LogP contribution in [-0.2, 0) is 11.2 Å². The summed E-state index contributed by atoms with van der Waals surface area (Å²) in [6, 6.07) is 7.29. The number of nitrogens with zero attached hydrogens (tertiary/aromatic N) is 1. The van der Waals surface area contributed by atoms with E-state index in [0.717, 1.165) is 37.1 Å². The van der Waals surface area contributed by atoms with Gasteiger partial charge in [-0.3, -0.25) is 4.79 Å². The molecule has 1 aromatic heterocycles. The summed E-state index contributed by atoms with van der Waals surface area (Å²) in [6.07, 6.45) is 12.5. The van der Waals surface area contributed by atoms with Gasteiger partial charge in [-0.1, -0.05) is 12.1 Å². The normalized spacial score (nSPS) is 42.0. The van der Waals surface area contributed by atoms with Crippen molar-refractivity contribution in [1.29, 1.82) is 0 Å². The summed E-state index contributed by atoms with van der Waals surface area (Å²) in [6.45, 7) is 1.02. The highest BCUT2D eigenvalue weighted by atomic mass is 16.1. The van der Waals surface area contributed by atoms with Gasteiger partial charge in [0.1, 0.15) is 0 Å². The Morgan fingerprint density at radius 3 is 2.52 bits per heavy atom. The molecule has 31 heavy (non-hydrogen) atoms. The Bertz CT molecular complexity index is 1020. The van der Waals surface area contributed by atoms with Crippen LogP contribution in [0.15, 0.2) is 24.4 Å². The highest BCUT2D eigenvalue weighted by molar-refractivity contribution is 5.88. The number of aromatic amines is 1. The molecule has 4 saturated carbocycles. The van der Waals surface area contributed by atoms with Gasteiger partial charge in [-0.05, 0) is 105 Å². The van der Waals surface area contributed by atoms with Gasteiger partial charge in [-0.15, -0.1) is 0 Å². The average molecular weight is 418 g/mol. The van der Waals surface area contributed by atoms with Crippen molar-refractivity contribution in [3.05, 3.63) is 35.5 Å². The van der Waals surface area contributed by atoms with Crippen LogP contribution in [0, 0.1) is 35.0 Å². The zero-order valence-corrected chi connectivity index (χ0v) is 18.6. The Morgan fingerprint density at radius 2 is 1.84 bits per heavy atom. The second-order valence-corrected chi connectivity index (χ2v) is 12.1. The molecular formula is C27H35N3O. The van der Waals surface area contributed by atoms with Crippen molar-refractivity contribution in [3.63, 3.8) is 0 Å². The first-order chi connectivity index (χ1) is 15.0. The molecule has 2 aromatic rings. The Labute approximate surface area is 184 Å². The Kier molecular flexibility index (Phi) is 3.85. The number of H-pyrrole nitrogens is 1. The predicted molar refractivity (Wildman–Crippen MR) is 123 cm³/mol. The number of likely N-dealkylation sites (tertiary alicyclic amines) is 1. The fourth-order valence-corrected chi connectivity index (χ4v) is 9.82. The number of likely N-dealkylation sites (N-methyl/N-ethyl adjacent to an activating group) is 1. The molecule has 4 nitrogen and oxygen atoms in total. The Balaban J connectivity index is 1.27. The summed E-state index contributed by atoms with van der Waals surface area (Å²) in [7, 11) is 2.29. The predicted octanol–water partition coefficient (Wildman–Crippen LogP) is 4.45. The van der Waals surface area contributed by atoms with Crippen LogP contribution in [0.25, 0.3) is 10.9 Å². The number of hydrogen-bond acceptors (Lipinski definition) is 2. The minimum absolute atomic E-state index is 0.00449. The molecule has 1 unspecified atom stereocenters. The van der Waals surface area contributed by atoms with Crippen LogP contribution in [0.1, 0.15) is 62.0 Å². The number of rotatable bonds is 3. The third kappa shape index (κ3) is 2.60. The van der Waals surface area contributed by atoms with Crippen molar-refractivity contribution in [1.82, 2.24) is 9.88 Å². The fraction of sp³-hybridized carbons (Fsp3) is 0.667. The molecule has 0 radical (unpaired) electrons. The second-order valence-electron chi connectivity index (χ2n) is 12.1. The summed E-state index contributed by atoms with van der Waals surface area (Å²) < 4.78 is 0. The van der Waals surface area contributed by atoms with Gasteiger partial charge in [0.2, 0.25) is 5.91 Å². The number of nitrogens with two attached hydrogens (primary N) is 1. The number of fused-ring (bicyclic) bond motifs is 2. The molecule has 5 fully saturated rings. The third-order valence-electron chi connectivity index (χ3n) is 10.3. The van der Waals surface area contributed by atoms with E-state index in [1.54, 1.807) is 0 Å². The van der Waals surface area contributed by atoms with Crippen molar-refractivity contribution < 1.29 is 4.79 Å². The Morgan fingerprint density at radius 1 is 1.13 bits per heavy atom. The summed E-state index contributed by atoms with van der Waals surface area (Å²) in [5, 5.41) is 1.45. The fourth-order valence-electron chi connectivity index (χ4n) is 9.82. The van der Waals surface area contributed by atoms with Gasteiger partial charge < -0.3 is 15.6 Å². The lowest BCUT2D eigenvalue weighted by molar-refractivity contribution is -0.147. The zero-order chi connectivity index (χ0) is 20.9. The lowest BCUT2D eigenvalue weighted by Crippen LogP contribution is -2.58. The number of aromatic nitrogens is 1. The quantitative estimate of drug-likeness (QED) is 0.775. The summed E-state index contributed by atoms with van der Waals surface area (Å²) in [5.41, 5.74) is 10.7. The first kappa shape index (κ1) is 18.7. The maximum absolute atomic E-state index is 13.1. The summed E-state index contributed by atoms with van der Waals surface area (Å²) >= 11 is 0. The highest BCUT2D eigenvalue weighted by Crippen LogP contribution is 2.64. The summed E-state index contributed by atoms with van der Waals surface area (Å²) in [4.78, 5) is 19.2. The number of amides is 1. The topological polar surface area (TPSA) is 62.1 Å². The molecule has 4 bridgehead atoms. The molecule has 164 valence electrons. The number of piperidine rings is 1. The molecule has 1 aromatic carbocycles. The number of primary amides is 1. The van der Waals surface area contributed by atoms with Crippen LogP contribution < -0.4 is 5.73 Å². The summed E-state index contributed by atoms with van der Waals surface area (Å²) in [5.74, 6) is 3.50. The van der Waals surface area contributed by atoms with Crippen molar-refractivity contribution in [2.24, 2.45) is 40.7 Å². The van der Waals surface area contributed by atoms with E-state index < -0.39 is 0 Å². The minimum Gasteiger partial charge on any atom is -0.369 e. The second kappa shape index (κ2) is 6.37.